The molecule has 1 amide bonds. The highest BCUT2D eigenvalue weighted by Crippen LogP contribution is 2.42. The fourth-order valence-corrected chi connectivity index (χ4v) is 4.04. The second-order valence-electron chi connectivity index (χ2n) is 7.45. The van der Waals surface area contributed by atoms with Crippen LogP contribution in [-0.4, -0.2) is 29.3 Å². The van der Waals surface area contributed by atoms with Crippen LogP contribution < -0.4 is 10.6 Å². The molecule has 1 atom stereocenters. The Morgan fingerprint density at radius 1 is 1.31 bits per heavy atom. The predicted molar refractivity (Wildman–Crippen MR) is 107 cm³/mol. The maximum absolute atomic E-state index is 13.1. The number of aryl methyl sites for hydroxylation is 1. The normalized spacial score (nSPS) is 16.9. The van der Waals surface area contributed by atoms with E-state index < -0.39 is 23.2 Å². The number of alkyl halides is 3. The lowest BCUT2D eigenvalue weighted by Gasteiger charge is -2.31. The molecular weight excluding hydrogens is 405 g/mol. The number of amides is 1. The van der Waals surface area contributed by atoms with Gasteiger partial charge in [-0.25, -0.2) is 0 Å². The number of nitrogens with zero attached hydrogens (tertiary/aromatic N) is 2. The molecule has 1 aromatic heterocycles. The van der Waals surface area contributed by atoms with Gasteiger partial charge in [-0.1, -0.05) is 31.0 Å². The van der Waals surface area contributed by atoms with Crippen molar-refractivity contribution in [2.45, 2.75) is 43.3 Å². The molecule has 2 aromatic rings. The Bertz CT molecular complexity index is 831. The van der Waals surface area contributed by atoms with Gasteiger partial charge >= 0.3 is 6.18 Å². The molecular formula is C20H26ClF3N4O. The number of rotatable bonds is 6. The number of aromatic nitrogens is 2. The molecule has 160 valence electrons. The Balaban J connectivity index is 0.00000300. The largest absolute Gasteiger partial charge is 0.416 e. The Labute approximate surface area is 174 Å². The Morgan fingerprint density at radius 2 is 2.00 bits per heavy atom. The zero-order valence-electron chi connectivity index (χ0n) is 16.4. The van der Waals surface area contributed by atoms with Gasteiger partial charge in [-0.15, -0.1) is 12.4 Å². The number of carbonyl (C=O) groups excluding carboxylic acids is 1. The third-order valence-electron chi connectivity index (χ3n) is 5.57. The van der Waals surface area contributed by atoms with Crippen molar-refractivity contribution < 1.29 is 18.0 Å². The number of likely N-dealkylation sites (N-methyl/N-ethyl adjacent to an activating group) is 1. The van der Waals surface area contributed by atoms with Crippen LogP contribution in [0.5, 0.6) is 0 Å². The molecule has 0 bridgehead atoms. The minimum atomic E-state index is -4.38. The van der Waals surface area contributed by atoms with Gasteiger partial charge in [-0.2, -0.15) is 18.3 Å². The number of nitrogens with one attached hydrogen (secondary N) is 2. The summed E-state index contributed by atoms with van der Waals surface area (Å²) in [6.07, 6.45) is 2.39. The van der Waals surface area contributed by atoms with Crippen LogP contribution in [0.3, 0.4) is 0 Å². The fourth-order valence-electron chi connectivity index (χ4n) is 4.04. The summed E-state index contributed by atoms with van der Waals surface area (Å²) in [6.45, 7) is 0.311. The number of benzene rings is 1. The van der Waals surface area contributed by atoms with Crippen molar-refractivity contribution in [1.29, 1.82) is 0 Å². The van der Waals surface area contributed by atoms with Crippen LogP contribution in [-0.2, 0) is 23.4 Å². The highest BCUT2D eigenvalue weighted by Gasteiger charge is 2.38. The summed E-state index contributed by atoms with van der Waals surface area (Å²) < 4.78 is 41.1. The second kappa shape index (κ2) is 9.17. The molecule has 0 spiro atoms. The average Bonchev–Trinajstić information content (AvgIpc) is 3.30. The summed E-state index contributed by atoms with van der Waals surface area (Å²) >= 11 is 0. The van der Waals surface area contributed by atoms with E-state index >= 15 is 0 Å². The summed E-state index contributed by atoms with van der Waals surface area (Å²) in [6, 6.07) is 4.95. The zero-order valence-corrected chi connectivity index (χ0v) is 17.2. The molecule has 3 rings (SSSR count). The lowest BCUT2D eigenvalue weighted by molar-refractivity contribution is -0.137. The maximum Gasteiger partial charge on any atom is 0.416 e. The summed E-state index contributed by atoms with van der Waals surface area (Å²) in [5, 5.41) is 10.0. The Morgan fingerprint density at radius 3 is 2.55 bits per heavy atom. The molecule has 0 radical (unpaired) electrons. The van der Waals surface area contributed by atoms with Gasteiger partial charge in [0.05, 0.1) is 11.8 Å². The van der Waals surface area contributed by atoms with Crippen LogP contribution in [0.1, 0.15) is 48.4 Å². The van der Waals surface area contributed by atoms with Crippen molar-refractivity contribution >= 4 is 18.3 Å². The topological polar surface area (TPSA) is 59.0 Å². The lowest BCUT2D eigenvalue weighted by atomic mass is 9.78. The van der Waals surface area contributed by atoms with Crippen molar-refractivity contribution in [1.82, 2.24) is 20.4 Å². The molecule has 1 saturated carbocycles. The van der Waals surface area contributed by atoms with E-state index in [1.165, 1.54) is 12.1 Å². The molecule has 1 fully saturated rings. The molecule has 2 N–H and O–H groups in total. The lowest BCUT2D eigenvalue weighted by Crippen LogP contribution is -2.43. The van der Waals surface area contributed by atoms with Crippen molar-refractivity contribution in [3.63, 3.8) is 0 Å². The van der Waals surface area contributed by atoms with Gasteiger partial charge in [0.15, 0.2) is 0 Å². The maximum atomic E-state index is 13.1. The van der Waals surface area contributed by atoms with E-state index in [9.17, 15) is 18.0 Å². The highest BCUT2D eigenvalue weighted by molar-refractivity contribution is 5.85. The third-order valence-corrected chi connectivity index (χ3v) is 5.57. The molecule has 1 aromatic carbocycles. The van der Waals surface area contributed by atoms with Crippen LogP contribution in [0.4, 0.5) is 13.2 Å². The van der Waals surface area contributed by atoms with Gasteiger partial charge < -0.3 is 10.6 Å². The van der Waals surface area contributed by atoms with Crippen molar-refractivity contribution in [3.8, 4) is 0 Å². The number of carbonyl (C=O) groups is 1. The molecule has 5 nitrogen and oxygen atoms in total. The molecule has 0 saturated heterocycles. The fraction of sp³-hybridized carbons (Fsp3) is 0.500. The standard InChI is InChI=1S/C20H25F3N4O.ClH/c1-24-17(14-11-26-27(2)12-14)18(28)25-13-19(8-3-4-9-19)15-6-5-7-16(10-15)20(21,22)23;/h5-7,10-12,17,24H,3-4,8-9,13H2,1-2H3,(H,25,28);1H. The molecule has 29 heavy (non-hydrogen) atoms. The van der Waals surface area contributed by atoms with E-state index in [4.69, 9.17) is 0 Å². The van der Waals surface area contributed by atoms with E-state index in [0.29, 0.717) is 12.1 Å². The van der Waals surface area contributed by atoms with Gasteiger partial charge in [0.2, 0.25) is 5.91 Å². The van der Waals surface area contributed by atoms with Crippen LogP contribution in [0.15, 0.2) is 36.7 Å². The molecule has 1 aliphatic rings. The average molecular weight is 431 g/mol. The van der Waals surface area contributed by atoms with Crippen LogP contribution in [0, 0.1) is 0 Å². The van der Waals surface area contributed by atoms with E-state index in [0.717, 1.165) is 37.3 Å². The molecule has 1 heterocycles. The van der Waals surface area contributed by atoms with E-state index in [1.807, 2.05) is 0 Å². The number of hydrogen-bond donors (Lipinski definition) is 2. The molecule has 9 heteroatoms. The first-order chi connectivity index (χ1) is 13.2. The minimum Gasteiger partial charge on any atom is -0.354 e. The third kappa shape index (κ3) is 5.11. The molecule has 1 aliphatic carbocycles. The number of halogens is 4. The number of hydrogen-bond acceptors (Lipinski definition) is 3. The molecule has 1 unspecified atom stereocenters. The Hall–Kier alpha value is -2.06. The smallest absolute Gasteiger partial charge is 0.354 e. The van der Waals surface area contributed by atoms with E-state index in [-0.39, 0.29) is 18.3 Å². The molecule has 0 aliphatic heterocycles. The zero-order chi connectivity index (χ0) is 20.4. The van der Waals surface area contributed by atoms with Crippen LogP contribution in [0.2, 0.25) is 0 Å². The monoisotopic (exact) mass is 430 g/mol. The first kappa shape index (κ1) is 23.2. The van der Waals surface area contributed by atoms with Crippen molar-refractivity contribution in [2.75, 3.05) is 13.6 Å². The predicted octanol–water partition coefficient (Wildman–Crippen LogP) is 3.75. The van der Waals surface area contributed by atoms with Crippen LogP contribution >= 0.6 is 12.4 Å². The minimum absolute atomic E-state index is 0. The van der Waals surface area contributed by atoms with Gasteiger partial charge in [0.1, 0.15) is 6.04 Å². The van der Waals surface area contributed by atoms with Crippen molar-refractivity contribution in [3.05, 3.63) is 53.3 Å². The highest BCUT2D eigenvalue weighted by atomic mass is 35.5. The summed E-state index contributed by atoms with van der Waals surface area (Å²) in [7, 11) is 3.46. The first-order valence-corrected chi connectivity index (χ1v) is 9.36. The quantitative estimate of drug-likeness (QED) is 0.733. The second-order valence-corrected chi connectivity index (χ2v) is 7.45. The van der Waals surface area contributed by atoms with E-state index in [2.05, 4.69) is 15.7 Å². The summed E-state index contributed by atoms with van der Waals surface area (Å²) in [4.78, 5) is 12.7. The SMILES string of the molecule is CNC(C(=O)NCC1(c2cccc(C(F)(F)F)c2)CCCC1)c1cnn(C)c1.Cl. The van der Waals surface area contributed by atoms with Gasteiger partial charge in [-0.3, -0.25) is 9.48 Å². The first-order valence-electron chi connectivity index (χ1n) is 9.36. The summed E-state index contributed by atoms with van der Waals surface area (Å²) in [5.74, 6) is -0.214. The Kier molecular flexibility index (Phi) is 7.35. The van der Waals surface area contributed by atoms with Gasteiger partial charge in [0.25, 0.3) is 0 Å². The summed E-state index contributed by atoms with van der Waals surface area (Å²) in [5.41, 5.74) is 0.264. The van der Waals surface area contributed by atoms with Gasteiger partial charge in [0, 0.05) is 30.8 Å². The van der Waals surface area contributed by atoms with Crippen molar-refractivity contribution in [2.24, 2.45) is 7.05 Å². The van der Waals surface area contributed by atoms with Crippen LogP contribution in [0.25, 0.3) is 0 Å². The van der Waals surface area contributed by atoms with Gasteiger partial charge in [-0.05, 0) is 31.5 Å². The van der Waals surface area contributed by atoms with E-state index in [1.54, 1.807) is 37.2 Å².